The Kier molecular flexibility index (Phi) is 7.62. The lowest BCUT2D eigenvalue weighted by Crippen LogP contribution is -2.41. The topological polar surface area (TPSA) is 104 Å². The zero-order chi connectivity index (χ0) is 15.1. The maximum atomic E-state index is 11.5. The van der Waals surface area contributed by atoms with Gasteiger partial charge < -0.3 is 10.4 Å². The summed E-state index contributed by atoms with van der Waals surface area (Å²) in [4.78, 5) is 22.4. The molecule has 0 rings (SSSR count). The number of hydrogen-bond acceptors (Lipinski definition) is 4. The van der Waals surface area contributed by atoms with Crippen molar-refractivity contribution >= 4 is 21.9 Å². The zero-order valence-corrected chi connectivity index (χ0v) is 12.4. The first-order valence-corrected chi connectivity index (χ1v) is 7.74. The van der Waals surface area contributed by atoms with Crippen LogP contribution in [0, 0.1) is 0 Å². The zero-order valence-electron chi connectivity index (χ0n) is 11.5. The molecule has 2 N–H and O–H groups in total. The van der Waals surface area contributed by atoms with Gasteiger partial charge in [0, 0.05) is 20.5 Å². The molecule has 0 saturated carbocycles. The lowest BCUT2D eigenvalue weighted by molar-refractivity contribution is -0.142. The molecule has 1 amide bonds. The van der Waals surface area contributed by atoms with Crippen molar-refractivity contribution in [3.05, 3.63) is 0 Å². The summed E-state index contributed by atoms with van der Waals surface area (Å²) in [6.07, 6.45) is 1.62. The number of carboxylic acid groups (broad SMARTS) is 1. The minimum atomic E-state index is -3.44. The molecule has 0 fully saturated rings. The maximum absolute atomic E-state index is 11.5. The van der Waals surface area contributed by atoms with Crippen LogP contribution < -0.4 is 5.32 Å². The molecule has 0 radical (unpaired) electrons. The lowest BCUT2D eigenvalue weighted by atomic mass is 10.1. The minimum absolute atomic E-state index is 0.240. The van der Waals surface area contributed by atoms with Gasteiger partial charge in [-0.15, -0.1) is 0 Å². The molecule has 8 heteroatoms. The summed E-state index contributed by atoms with van der Waals surface area (Å²) in [7, 11) is -0.674. The fourth-order valence-corrected chi connectivity index (χ4v) is 2.14. The van der Waals surface area contributed by atoms with Gasteiger partial charge in [-0.2, -0.15) is 0 Å². The van der Waals surface area contributed by atoms with Crippen molar-refractivity contribution < 1.29 is 23.1 Å². The Morgan fingerprint density at radius 3 is 2.32 bits per heavy atom. The first-order valence-electron chi connectivity index (χ1n) is 6.13. The molecule has 0 spiro atoms. The normalized spacial score (nSPS) is 13.3. The van der Waals surface area contributed by atoms with E-state index in [1.807, 2.05) is 6.92 Å². The summed E-state index contributed by atoms with van der Waals surface area (Å²) < 4.78 is 23.9. The fraction of sp³-hybridized carbons (Fsp3) is 0.818. The number of carboxylic acids is 1. The van der Waals surface area contributed by atoms with Gasteiger partial charge in [-0.3, -0.25) is 4.79 Å². The Morgan fingerprint density at radius 2 is 1.89 bits per heavy atom. The molecule has 0 saturated heterocycles. The summed E-state index contributed by atoms with van der Waals surface area (Å²) in [5.74, 6) is -1.99. The number of amides is 1. The highest BCUT2D eigenvalue weighted by molar-refractivity contribution is 7.89. The van der Waals surface area contributed by atoms with Crippen LogP contribution in [0.15, 0.2) is 0 Å². The van der Waals surface area contributed by atoms with Crippen LogP contribution in [-0.2, 0) is 19.6 Å². The highest BCUT2D eigenvalue weighted by Gasteiger charge is 2.21. The van der Waals surface area contributed by atoms with Gasteiger partial charge >= 0.3 is 5.97 Å². The number of unbranched alkanes of at least 4 members (excludes halogenated alkanes) is 1. The molecule has 0 aliphatic heterocycles. The first-order chi connectivity index (χ1) is 8.70. The summed E-state index contributed by atoms with van der Waals surface area (Å²) in [6, 6.07) is -0.950. The Bertz CT molecular complexity index is 405. The number of aliphatic carboxylic acids is 1. The standard InChI is InChI=1S/C11H22N2O5S/c1-4-5-6-9(11(15)16)12-10(14)7-8-19(17,18)13(2)3/h9H,4-8H2,1-3H3,(H,12,14)(H,15,16). The number of nitrogens with zero attached hydrogens (tertiary/aromatic N) is 1. The largest absolute Gasteiger partial charge is 0.480 e. The van der Waals surface area contributed by atoms with Crippen molar-refractivity contribution in [3.63, 3.8) is 0 Å². The number of carbonyl (C=O) groups excluding carboxylic acids is 1. The van der Waals surface area contributed by atoms with E-state index in [-0.39, 0.29) is 12.2 Å². The number of hydrogen-bond donors (Lipinski definition) is 2. The van der Waals surface area contributed by atoms with Crippen molar-refractivity contribution in [3.8, 4) is 0 Å². The molecular formula is C11H22N2O5S. The monoisotopic (exact) mass is 294 g/mol. The van der Waals surface area contributed by atoms with Gasteiger partial charge in [0.1, 0.15) is 6.04 Å². The van der Waals surface area contributed by atoms with E-state index in [4.69, 9.17) is 5.11 Å². The van der Waals surface area contributed by atoms with Crippen molar-refractivity contribution in [2.75, 3.05) is 19.8 Å². The lowest BCUT2D eigenvalue weighted by Gasteiger charge is -2.15. The quantitative estimate of drug-likeness (QED) is 0.624. The van der Waals surface area contributed by atoms with E-state index in [2.05, 4.69) is 5.32 Å². The molecule has 0 aromatic heterocycles. The Morgan fingerprint density at radius 1 is 1.32 bits per heavy atom. The number of rotatable bonds is 9. The van der Waals surface area contributed by atoms with Crippen LogP contribution in [0.1, 0.15) is 32.6 Å². The maximum Gasteiger partial charge on any atom is 0.326 e. The van der Waals surface area contributed by atoms with Crippen LogP contribution in [0.3, 0.4) is 0 Å². The van der Waals surface area contributed by atoms with E-state index in [1.54, 1.807) is 0 Å². The Hall–Kier alpha value is -1.15. The smallest absolute Gasteiger partial charge is 0.326 e. The van der Waals surface area contributed by atoms with Crippen LogP contribution in [0.4, 0.5) is 0 Å². The van der Waals surface area contributed by atoms with Crippen LogP contribution in [0.25, 0.3) is 0 Å². The fourth-order valence-electron chi connectivity index (χ4n) is 1.34. The third-order valence-corrected chi connectivity index (χ3v) is 4.46. The highest BCUT2D eigenvalue weighted by atomic mass is 32.2. The van der Waals surface area contributed by atoms with Crippen molar-refractivity contribution in [2.45, 2.75) is 38.6 Å². The summed E-state index contributed by atoms with van der Waals surface area (Å²) in [6.45, 7) is 1.92. The third-order valence-electron chi connectivity index (χ3n) is 2.62. The average Bonchev–Trinajstić information content (AvgIpc) is 2.31. The van der Waals surface area contributed by atoms with Crippen molar-refractivity contribution in [2.24, 2.45) is 0 Å². The van der Waals surface area contributed by atoms with Gasteiger partial charge in [0.15, 0.2) is 0 Å². The van der Waals surface area contributed by atoms with Crippen LogP contribution >= 0.6 is 0 Å². The predicted octanol–water partition coefficient (Wildman–Crippen LogP) is 0.0275. The Balaban J connectivity index is 4.32. The van der Waals surface area contributed by atoms with E-state index in [0.29, 0.717) is 12.8 Å². The molecule has 0 heterocycles. The van der Waals surface area contributed by atoms with E-state index < -0.39 is 27.9 Å². The molecule has 112 valence electrons. The second-order valence-corrected chi connectivity index (χ2v) is 6.75. The van der Waals surface area contributed by atoms with Crippen LogP contribution in [0.2, 0.25) is 0 Å². The second-order valence-electron chi connectivity index (χ2n) is 4.45. The van der Waals surface area contributed by atoms with Crippen molar-refractivity contribution in [1.29, 1.82) is 0 Å². The van der Waals surface area contributed by atoms with Crippen molar-refractivity contribution in [1.82, 2.24) is 9.62 Å². The van der Waals surface area contributed by atoms with Gasteiger partial charge in [0.25, 0.3) is 0 Å². The molecule has 7 nitrogen and oxygen atoms in total. The average molecular weight is 294 g/mol. The molecule has 0 bridgehead atoms. The highest BCUT2D eigenvalue weighted by Crippen LogP contribution is 2.02. The molecule has 0 aliphatic carbocycles. The van der Waals surface area contributed by atoms with Gasteiger partial charge in [0.2, 0.25) is 15.9 Å². The van der Waals surface area contributed by atoms with Gasteiger partial charge in [0.05, 0.1) is 5.75 Å². The first kappa shape index (κ1) is 17.8. The molecule has 0 aliphatic rings. The summed E-state index contributed by atoms with van der Waals surface area (Å²) in [5.41, 5.74) is 0. The molecule has 1 atom stereocenters. The third kappa shape index (κ3) is 7.12. The second kappa shape index (κ2) is 8.11. The number of nitrogens with one attached hydrogen (secondary N) is 1. The molecule has 0 aromatic carbocycles. The SMILES string of the molecule is CCCCC(NC(=O)CCS(=O)(=O)N(C)C)C(=O)O. The molecule has 1 unspecified atom stereocenters. The summed E-state index contributed by atoms with van der Waals surface area (Å²) in [5, 5.41) is 11.3. The van der Waals surface area contributed by atoms with Crippen LogP contribution in [0.5, 0.6) is 0 Å². The minimum Gasteiger partial charge on any atom is -0.480 e. The molecule has 0 aromatic rings. The molecule has 19 heavy (non-hydrogen) atoms. The van der Waals surface area contributed by atoms with E-state index >= 15 is 0 Å². The number of sulfonamides is 1. The predicted molar refractivity (Wildman–Crippen MR) is 71.2 cm³/mol. The molecular weight excluding hydrogens is 272 g/mol. The van der Waals surface area contributed by atoms with E-state index in [9.17, 15) is 18.0 Å². The number of carbonyl (C=O) groups is 2. The summed E-state index contributed by atoms with van der Waals surface area (Å²) >= 11 is 0. The van der Waals surface area contributed by atoms with Gasteiger partial charge in [-0.05, 0) is 6.42 Å². The Labute approximate surface area is 114 Å². The van der Waals surface area contributed by atoms with Crippen LogP contribution in [-0.4, -0.2) is 55.6 Å². The van der Waals surface area contributed by atoms with Gasteiger partial charge in [-0.1, -0.05) is 19.8 Å². The van der Waals surface area contributed by atoms with E-state index in [0.717, 1.165) is 10.7 Å². The van der Waals surface area contributed by atoms with Gasteiger partial charge in [-0.25, -0.2) is 17.5 Å². The van der Waals surface area contributed by atoms with E-state index in [1.165, 1.54) is 14.1 Å².